The number of benzene rings is 2. The molecule has 1 aromatic heterocycles. The summed E-state index contributed by atoms with van der Waals surface area (Å²) in [6.07, 6.45) is 2.22. The molecule has 2 aromatic carbocycles. The van der Waals surface area contributed by atoms with Crippen LogP contribution in [0.1, 0.15) is 36.4 Å². The van der Waals surface area contributed by atoms with Crippen molar-refractivity contribution < 1.29 is 26.5 Å². The molecular weight excluding hydrogens is 418 g/mol. The minimum absolute atomic E-state index is 0.0212. The number of carbonyl (C=O) groups is 1. The number of methoxy groups -OCH3 is 1. The van der Waals surface area contributed by atoms with Crippen LogP contribution in [0.25, 0.3) is 0 Å². The van der Waals surface area contributed by atoms with Crippen LogP contribution >= 0.6 is 0 Å². The third kappa shape index (κ3) is 5.46. The lowest BCUT2D eigenvalue weighted by Crippen LogP contribution is -2.37. The lowest BCUT2D eigenvalue weighted by Gasteiger charge is -2.28. The number of rotatable bonds is 9. The minimum Gasteiger partial charge on any atom is -0.497 e. The van der Waals surface area contributed by atoms with Crippen molar-refractivity contribution in [1.29, 1.82) is 0 Å². The topological polar surface area (TPSA) is 86.0 Å². The Hall–Kier alpha value is -3.26. The smallest absolute Gasteiger partial charge is 0.339 e. The maximum absolute atomic E-state index is 12.9. The summed E-state index contributed by atoms with van der Waals surface area (Å²) in [7, 11) is -2.50. The molecule has 3 rings (SSSR count). The highest BCUT2D eigenvalue weighted by Crippen LogP contribution is 2.23. The van der Waals surface area contributed by atoms with Gasteiger partial charge in [0, 0.05) is 12.6 Å². The van der Waals surface area contributed by atoms with Crippen LogP contribution in [0.15, 0.2) is 76.2 Å². The Labute approximate surface area is 182 Å². The van der Waals surface area contributed by atoms with Gasteiger partial charge in [0.05, 0.1) is 13.4 Å². The van der Waals surface area contributed by atoms with Gasteiger partial charge in [0.2, 0.25) is 0 Å². The second-order valence-electron chi connectivity index (χ2n) is 7.03. The molecular formula is C23H25NO6S. The average Bonchev–Trinajstić information content (AvgIpc) is 3.31. The van der Waals surface area contributed by atoms with Crippen molar-refractivity contribution in [3.63, 3.8) is 0 Å². The maximum Gasteiger partial charge on any atom is 0.339 e. The second-order valence-corrected chi connectivity index (χ2v) is 8.57. The van der Waals surface area contributed by atoms with Crippen molar-refractivity contribution in [3.05, 3.63) is 78.3 Å². The van der Waals surface area contributed by atoms with E-state index in [4.69, 9.17) is 13.3 Å². The van der Waals surface area contributed by atoms with Gasteiger partial charge in [-0.1, -0.05) is 19.1 Å². The van der Waals surface area contributed by atoms with Crippen molar-refractivity contribution in [1.82, 2.24) is 4.90 Å². The zero-order valence-corrected chi connectivity index (χ0v) is 18.5. The van der Waals surface area contributed by atoms with E-state index < -0.39 is 10.1 Å². The fraction of sp³-hybridized carbons (Fsp3) is 0.261. The third-order valence-electron chi connectivity index (χ3n) is 4.92. The van der Waals surface area contributed by atoms with Crippen LogP contribution in [0.4, 0.5) is 0 Å². The van der Waals surface area contributed by atoms with Gasteiger partial charge >= 0.3 is 10.1 Å². The predicted molar refractivity (Wildman–Crippen MR) is 116 cm³/mol. The first kappa shape index (κ1) is 22.4. The first-order valence-electron chi connectivity index (χ1n) is 9.86. The zero-order valence-electron chi connectivity index (χ0n) is 17.6. The van der Waals surface area contributed by atoms with Crippen molar-refractivity contribution in [2.75, 3.05) is 7.11 Å². The summed E-state index contributed by atoms with van der Waals surface area (Å²) in [5.41, 5.74) is 0.739. The van der Waals surface area contributed by atoms with Gasteiger partial charge in [-0.25, -0.2) is 0 Å². The van der Waals surface area contributed by atoms with E-state index >= 15 is 0 Å². The van der Waals surface area contributed by atoms with E-state index in [1.807, 2.05) is 19.9 Å². The Morgan fingerprint density at radius 3 is 2.42 bits per heavy atom. The summed E-state index contributed by atoms with van der Waals surface area (Å²) in [4.78, 5) is 14.6. The van der Waals surface area contributed by atoms with E-state index in [1.165, 1.54) is 25.5 Å². The molecule has 0 saturated heterocycles. The minimum atomic E-state index is -4.01. The van der Waals surface area contributed by atoms with Crippen molar-refractivity contribution in [2.24, 2.45) is 0 Å². The average molecular weight is 444 g/mol. The van der Waals surface area contributed by atoms with Gasteiger partial charge < -0.3 is 18.2 Å². The van der Waals surface area contributed by atoms with Crippen LogP contribution in [0.2, 0.25) is 0 Å². The lowest BCUT2D eigenvalue weighted by molar-refractivity contribution is 0.0638. The molecule has 1 heterocycles. The van der Waals surface area contributed by atoms with Crippen molar-refractivity contribution in [3.8, 4) is 11.5 Å². The van der Waals surface area contributed by atoms with Crippen LogP contribution in [0.3, 0.4) is 0 Å². The summed E-state index contributed by atoms with van der Waals surface area (Å²) < 4.78 is 40.9. The number of hydrogen-bond acceptors (Lipinski definition) is 6. The van der Waals surface area contributed by atoms with Gasteiger partial charge in [0.1, 0.15) is 16.4 Å². The second kappa shape index (κ2) is 9.70. The fourth-order valence-corrected chi connectivity index (χ4v) is 3.92. The molecule has 0 fully saturated rings. The highest BCUT2D eigenvalue weighted by molar-refractivity contribution is 7.87. The van der Waals surface area contributed by atoms with Crippen molar-refractivity contribution in [2.45, 2.75) is 37.8 Å². The Morgan fingerprint density at radius 1 is 1.06 bits per heavy atom. The molecule has 0 spiro atoms. The predicted octanol–water partition coefficient (Wildman–Crippen LogP) is 4.50. The van der Waals surface area contributed by atoms with Gasteiger partial charge in [-0.05, 0) is 67.4 Å². The van der Waals surface area contributed by atoms with Gasteiger partial charge in [-0.2, -0.15) is 8.42 Å². The Bertz CT molecular complexity index is 1110. The van der Waals surface area contributed by atoms with Gasteiger partial charge in [0.25, 0.3) is 5.91 Å². The number of carbonyl (C=O) groups excluding carboxylic acids is 1. The number of amides is 1. The van der Waals surface area contributed by atoms with Crippen LogP contribution in [0.5, 0.6) is 11.5 Å². The first-order valence-corrected chi connectivity index (χ1v) is 11.3. The summed E-state index contributed by atoms with van der Waals surface area (Å²) in [6.45, 7) is 4.23. The molecule has 0 bridgehead atoms. The molecule has 8 heteroatoms. The summed E-state index contributed by atoms with van der Waals surface area (Å²) >= 11 is 0. The van der Waals surface area contributed by atoms with Crippen LogP contribution in [0, 0.1) is 0 Å². The standard InChI is InChI=1S/C23H25NO6S/c1-4-17(2)24(23(25)22-9-6-14-29-22)16-18-7-5-8-20(15-18)30-31(26,27)21-12-10-19(28-3)11-13-21/h5-15,17H,4,16H2,1-3H3/t17-/m0/s1. The van der Waals surface area contributed by atoms with Crippen LogP contribution in [-0.4, -0.2) is 32.4 Å². The number of ether oxygens (including phenoxy) is 1. The quantitative estimate of drug-likeness (QED) is 0.453. The molecule has 3 aromatic rings. The van der Waals surface area contributed by atoms with Gasteiger partial charge in [0.15, 0.2) is 5.76 Å². The number of hydrogen-bond donors (Lipinski definition) is 0. The van der Waals surface area contributed by atoms with Crippen LogP contribution < -0.4 is 8.92 Å². The molecule has 0 radical (unpaired) electrons. The van der Waals surface area contributed by atoms with Crippen LogP contribution in [-0.2, 0) is 16.7 Å². The summed E-state index contributed by atoms with van der Waals surface area (Å²) in [5.74, 6) is 0.751. The maximum atomic E-state index is 12.9. The van der Waals surface area contributed by atoms with Gasteiger partial charge in [-0.3, -0.25) is 4.79 Å². The lowest BCUT2D eigenvalue weighted by atomic mass is 10.1. The molecule has 0 aliphatic rings. The normalized spacial score (nSPS) is 12.2. The highest BCUT2D eigenvalue weighted by Gasteiger charge is 2.23. The zero-order chi connectivity index (χ0) is 22.4. The molecule has 1 atom stereocenters. The van der Waals surface area contributed by atoms with E-state index in [2.05, 4.69) is 0 Å². The Morgan fingerprint density at radius 2 is 1.81 bits per heavy atom. The molecule has 0 aliphatic carbocycles. The molecule has 31 heavy (non-hydrogen) atoms. The van der Waals surface area contributed by atoms with E-state index in [9.17, 15) is 13.2 Å². The van der Waals surface area contributed by atoms with E-state index in [1.54, 1.807) is 47.4 Å². The molecule has 0 N–H and O–H groups in total. The SMILES string of the molecule is CC[C@H](C)N(Cc1cccc(OS(=O)(=O)c2ccc(OC)cc2)c1)C(=O)c1ccco1. The summed E-state index contributed by atoms with van der Waals surface area (Å²) in [5, 5.41) is 0. The third-order valence-corrected chi connectivity index (χ3v) is 6.18. The van der Waals surface area contributed by atoms with E-state index in [-0.39, 0.29) is 34.9 Å². The molecule has 1 amide bonds. The van der Waals surface area contributed by atoms with E-state index in [0.29, 0.717) is 5.75 Å². The largest absolute Gasteiger partial charge is 0.497 e. The molecule has 0 unspecified atom stereocenters. The number of furan rings is 1. The Balaban J connectivity index is 1.80. The van der Waals surface area contributed by atoms with E-state index in [0.717, 1.165) is 12.0 Å². The highest BCUT2D eigenvalue weighted by atomic mass is 32.2. The molecule has 7 nitrogen and oxygen atoms in total. The first-order chi connectivity index (χ1) is 14.8. The summed E-state index contributed by atoms with van der Waals surface area (Å²) in [6, 6.07) is 15.9. The molecule has 0 saturated carbocycles. The monoisotopic (exact) mass is 443 g/mol. The van der Waals surface area contributed by atoms with Gasteiger partial charge in [-0.15, -0.1) is 0 Å². The number of nitrogens with zero attached hydrogens (tertiary/aromatic N) is 1. The van der Waals surface area contributed by atoms with Crippen molar-refractivity contribution >= 4 is 16.0 Å². The molecule has 164 valence electrons. The Kier molecular flexibility index (Phi) is 7.02. The fourth-order valence-electron chi connectivity index (χ4n) is 3.00. The molecule has 0 aliphatic heterocycles.